The highest BCUT2D eigenvalue weighted by Gasteiger charge is 2.16. The van der Waals surface area contributed by atoms with Crippen LogP contribution in [-0.2, 0) is 0 Å². The number of rotatable bonds is 3. The van der Waals surface area contributed by atoms with E-state index in [1.165, 1.54) is 0 Å². The number of methoxy groups -OCH3 is 1. The lowest BCUT2D eigenvalue weighted by Gasteiger charge is -2.09. The summed E-state index contributed by atoms with van der Waals surface area (Å²) >= 11 is 0. The van der Waals surface area contributed by atoms with Gasteiger partial charge in [-0.2, -0.15) is 0 Å². The van der Waals surface area contributed by atoms with Crippen molar-refractivity contribution >= 4 is 10.9 Å². The number of aromatic nitrogens is 4. The van der Waals surface area contributed by atoms with Gasteiger partial charge < -0.3 is 9.15 Å². The lowest BCUT2D eigenvalue weighted by Crippen LogP contribution is -2.07. The van der Waals surface area contributed by atoms with E-state index in [0.717, 1.165) is 5.56 Å². The number of pyridine rings is 1. The number of ether oxygens (including phenoxy) is 1. The van der Waals surface area contributed by atoms with Crippen LogP contribution in [0, 0.1) is 6.92 Å². The van der Waals surface area contributed by atoms with E-state index in [9.17, 15) is 4.79 Å². The number of hydrogen-bond acceptors (Lipinski definition) is 6. The van der Waals surface area contributed by atoms with Crippen LogP contribution in [0.2, 0.25) is 0 Å². The highest BCUT2D eigenvalue weighted by Crippen LogP contribution is 2.26. The Morgan fingerprint density at radius 1 is 1.24 bits per heavy atom. The molecule has 0 spiro atoms. The first-order chi connectivity index (χ1) is 12.2. The maximum atomic E-state index is 12.5. The Balaban J connectivity index is 1.99. The summed E-state index contributed by atoms with van der Waals surface area (Å²) in [5.41, 5.74) is 1.42. The summed E-state index contributed by atoms with van der Waals surface area (Å²) in [6, 6.07) is 7.06. The van der Waals surface area contributed by atoms with Gasteiger partial charge in [0.25, 0.3) is 0 Å². The molecule has 25 heavy (non-hydrogen) atoms. The summed E-state index contributed by atoms with van der Waals surface area (Å²) in [7, 11) is 1.57. The normalized spacial score (nSPS) is 11.0. The van der Waals surface area contributed by atoms with Crippen molar-refractivity contribution in [2.75, 3.05) is 7.11 Å². The minimum atomic E-state index is -0.444. The van der Waals surface area contributed by atoms with Crippen LogP contribution in [0.15, 0.2) is 58.4 Å². The van der Waals surface area contributed by atoms with E-state index in [1.54, 1.807) is 60.9 Å². The average molecular weight is 334 g/mol. The minimum Gasteiger partial charge on any atom is -0.497 e. The van der Waals surface area contributed by atoms with Crippen molar-refractivity contribution in [3.8, 4) is 23.0 Å². The van der Waals surface area contributed by atoms with E-state index in [4.69, 9.17) is 9.15 Å². The van der Waals surface area contributed by atoms with Crippen LogP contribution in [0.5, 0.6) is 5.75 Å². The van der Waals surface area contributed by atoms with Gasteiger partial charge in [-0.15, -0.1) is 0 Å². The standard InChI is InChI=1S/C18H14N4O3/c1-11-8-12(24-2)9-14-15(11)18(23)25-17(21-14)13-4-3-5-20-16(13)22-7-6-19-10-22/h3-10H,1-2H3. The van der Waals surface area contributed by atoms with Crippen molar-refractivity contribution in [2.24, 2.45) is 0 Å². The van der Waals surface area contributed by atoms with Crippen molar-refractivity contribution in [3.63, 3.8) is 0 Å². The summed E-state index contributed by atoms with van der Waals surface area (Å²) < 4.78 is 12.5. The van der Waals surface area contributed by atoms with Crippen molar-refractivity contribution in [2.45, 2.75) is 6.92 Å². The lowest BCUT2D eigenvalue weighted by molar-refractivity contribution is 0.415. The van der Waals surface area contributed by atoms with Crippen molar-refractivity contribution in [3.05, 3.63) is 65.2 Å². The molecule has 7 heteroatoms. The van der Waals surface area contributed by atoms with Crippen LogP contribution < -0.4 is 10.4 Å². The minimum absolute atomic E-state index is 0.196. The van der Waals surface area contributed by atoms with E-state index in [1.807, 2.05) is 6.92 Å². The number of hydrogen-bond donors (Lipinski definition) is 0. The van der Waals surface area contributed by atoms with Crippen molar-refractivity contribution < 1.29 is 9.15 Å². The predicted octanol–water partition coefficient (Wildman–Crippen LogP) is 2.75. The van der Waals surface area contributed by atoms with E-state index < -0.39 is 5.63 Å². The van der Waals surface area contributed by atoms with Crippen LogP contribution >= 0.6 is 0 Å². The Kier molecular flexibility index (Phi) is 3.53. The predicted molar refractivity (Wildman–Crippen MR) is 91.9 cm³/mol. The molecule has 0 bridgehead atoms. The first kappa shape index (κ1) is 15.1. The molecule has 4 rings (SSSR count). The summed E-state index contributed by atoms with van der Waals surface area (Å²) in [4.78, 5) is 25.4. The van der Waals surface area contributed by atoms with Crippen LogP contribution in [0.1, 0.15) is 5.56 Å². The van der Waals surface area contributed by atoms with Gasteiger partial charge in [0.05, 0.1) is 23.6 Å². The van der Waals surface area contributed by atoms with Gasteiger partial charge >= 0.3 is 5.63 Å². The fraction of sp³-hybridized carbons (Fsp3) is 0.111. The second-order valence-electron chi connectivity index (χ2n) is 5.49. The summed E-state index contributed by atoms with van der Waals surface area (Å²) in [5.74, 6) is 1.41. The fourth-order valence-electron chi connectivity index (χ4n) is 2.75. The quantitative estimate of drug-likeness (QED) is 0.573. The fourth-order valence-corrected chi connectivity index (χ4v) is 2.75. The topological polar surface area (TPSA) is 83.0 Å². The van der Waals surface area contributed by atoms with Gasteiger partial charge in [-0.25, -0.2) is 19.7 Å². The Bertz CT molecular complexity index is 1120. The number of fused-ring (bicyclic) bond motifs is 1. The highest BCUT2D eigenvalue weighted by molar-refractivity contribution is 5.84. The molecule has 0 fully saturated rings. The maximum absolute atomic E-state index is 12.5. The van der Waals surface area contributed by atoms with Crippen LogP contribution in [0.25, 0.3) is 28.2 Å². The smallest absolute Gasteiger partial charge is 0.347 e. The summed E-state index contributed by atoms with van der Waals surface area (Å²) in [6.45, 7) is 1.82. The molecule has 124 valence electrons. The monoisotopic (exact) mass is 334 g/mol. The maximum Gasteiger partial charge on any atom is 0.347 e. The SMILES string of the molecule is COc1cc(C)c2c(=O)oc(-c3cccnc3-n3ccnc3)nc2c1. The Labute approximate surface area is 142 Å². The van der Waals surface area contributed by atoms with Gasteiger partial charge in [-0.3, -0.25) is 4.57 Å². The second kappa shape index (κ2) is 5.86. The van der Waals surface area contributed by atoms with Gasteiger partial charge in [-0.1, -0.05) is 0 Å². The molecule has 7 nitrogen and oxygen atoms in total. The first-order valence-corrected chi connectivity index (χ1v) is 7.60. The van der Waals surface area contributed by atoms with E-state index in [2.05, 4.69) is 15.0 Å². The third kappa shape index (κ3) is 2.55. The number of aryl methyl sites for hydroxylation is 1. The van der Waals surface area contributed by atoms with Crippen molar-refractivity contribution in [1.29, 1.82) is 0 Å². The molecule has 0 aliphatic rings. The zero-order valence-electron chi connectivity index (χ0n) is 13.6. The van der Waals surface area contributed by atoms with Gasteiger partial charge in [0.2, 0.25) is 5.89 Å². The van der Waals surface area contributed by atoms with Crippen LogP contribution in [0.3, 0.4) is 0 Å². The van der Waals surface area contributed by atoms with Gasteiger partial charge in [-0.05, 0) is 30.7 Å². The molecule has 0 atom stereocenters. The number of imidazole rings is 1. The van der Waals surface area contributed by atoms with E-state index >= 15 is 0 Å². The van der Waals surface area contributed by atoms with Crippen LogP contribution in [0.4, 0.5) is 0 Å². The molecular formula is C18H14N4O3. The van der Waals surface area contributed by atoms with Crippen LogP contribution in [-0.4, -0.2) is 26.6 Å². The molecule has 3 heterocycles. The average Bonchev–Trinajstić information content (AvgIpc) is 3.15. The number of benzene rings is 1. The molecule has 0 amide bonds. The van der Waals surface area contributed by atoms with Gasteiger partial charge in [0.15, 0.2) is 5.82 Å². The summed E-state index contributed by atoms with van der Waals surface area (Å²) in [6.07, 6.45) is 6.69. The van der Waals surface area contributed by atoms with E-state index in [-0.39, 0.29) is 5.89 Å². The lowest BCUT2D eigenvalue weighted by atomic mass is 10.1. The third-order valence-corrected chi connectivity index (χ3v) is 3.91. The van der Waals surface area contributed by atoms with Crippen molar-refractivity contribution in [1.82, 2.24) is 19.5 Å². The zero-order chi connectivity index (χ0) is 17.4. The first-order valence-electron chi connectivity index (χ1n) is 7.60. The second-order valence-corrected chi connectivity index (χ2v) is 5.49. The molecule has 3 aromatic heterocycles. The largest absolute Gasteiger partial charge is 0.497 e. The zero-order valence-corrected chi connectivity index (χ0v) is 13.6. The molecule has 0 saturated heterocycles. The molecule has 1 aromatic carbocycles. The van der Waals surface area contributed by atoms with Gasteiger partial charge in [0.1, 0.15) is 12.1 Å². The Hall–Kier alpha value is -3.48. The molecule has 0 radical (unpaired) electrons. The molecule has 0 aliphatic carbocycles. The highest BCUT2D eigenvalue weighted by atomic mass is 16.5. The molecular weight excluding hydrogens is 320 g/mol. The molecule has 0 N–H and O–H groups in total. The number of nitrogens with zero attached hydrogens (tertiary/aromatic N) is 4. The Morgan fingerprint density at radius 3 is 2.88 bits per heavy atom. The van der Waals surface area contributed by atoms with E-state index in [0.29, 0.717) is 28.0 Å². The molecule has 4 aromatic rings. The molecule has 0 unspecified atom stereocenters. The molecule has 0 saturated carbocycles. The molecule has 0 aliphatic heterocycles. The summed E-state index contributed by atoms with van der Waals surface area (Å²) in [5, 5.41) is 0.442. The third-order valence-electron chi connectivity index (χ3n) is 3.91. The van der Waals surface area contributed by atoms with Gasteiger partial charge in [0, 0.05) is 24.7 Å². The Morgan fingerprint density at radius 2 is 2.12 bits per heavy atom.